The molecule has 0 aromatic rings. The lowest BCUT2D eigenvalue weighted by atomic mass is 10.2. The van der Waals surface area contributed by atoms with E-state index in [2.05, 4.69) is 37.6 Å². The molecule has 1 amide bonds. The number of carbonyl (C=O) groups excluding carboxylic acids is 1. The fourth-order valence-electron chi connectivity index (χ4n) is 2.89. The molecule has 0 aromatic heterocycles. The molecule has 21 heavy (non-hydrogen) atoms. The van der Waals surface area contributed by atoms with Crippen molar-refractivity contribution in [2.45, 2.75) is 32.4 Å². The highest BCUT2D eigenvalue weighted by atomic mass is 16.2. The van der Waals surface area contributed by atoms with Crippen LogP contribution in [0.25, 0.3) is 0 Å². The minimum absolute atomic E-state index is 0.00522. The van der Waals surface area contributed by atoms with E-state index in [0.29, 0.717) is 6.04 Å². The zero-order chi connectivity index (χ0) is 15.2. The van der Waals surface area contributed by atoms with E-state index in [-0.39, 0.29) is 18.5 Å². The van der Waals surface area contributed by atoms with Crippen molar-refractivity contribution in [3.8, 4) is 0 Å². The van der Waals surface area contributed by atoms with Crippen LogP contribution in [0.2, 0.25) is 0 Å². The molecule has 0 spiro atoms. The minimum atomic E-state index is 0.00522. The van der Waals surface area contributed by atoms with E-state index in [1.54, 1.807) is 7.05 Å². The quantitative estimate of drug-likeness (QED) is 0.436. The van der Waals surface area contributed by atoms with E-state index in [4.69, 9.17) is 0 Å². The van der Waals surface area contributed by atoms with Gasteiger partial charge < -0.3 is 15.5 Å². The molecule has 118 valence electrons. The van der Waals surface area contributed by atoms with Gasteiger partial charge in [-0.15, -0.1) is 0 Å². The molecule has 2 heterocycles. The molecule has 1 unspecified atom stereocenters. The van der Waals surface area contributed by atoms with Crippen LogP contribution in [-0.2, 0) is 4.79 Å². The average molecular weight is 293 g/mol. The van der Waals surface area contributed by atoms with Gasteiger partial charge in [0.15, 0.2) is 5.96 Å². The summed E-state index contributed by atoms with van der Waals surface area (Å²) in [6.45, 7) is 8.28. The highest BCUT2D eigenvalue weighted by Gasteiger charge is 2.29. The maximum absolute atomic E-state index is 11.7. The third-order valence-electron chi connectivity index (χ3n) is 3.89. The smallest absolute Gasteiger partial charge is 0.239 e. The molecule has 1 fully saturated rings. The summed E-state index contributed by atoms with van der Waals surface area (Å²) in [5, 5.41) is 6.03. The molecule has 2 N–H and O–H groups in total. The van der Waals surface area contributed by atoms with Crippen molar-refractivity contribution in [1.82, 2.24) is 20.4 Å². The van der Waals surface area contributed by atoms with Crippen LogP contribution in [0.3, 0.4) is 0 Å². The number of rotatable bonds is 4. The van der Waals surface area contributed by atoms with E-state index >= 15 is 0 Å². The second kappa shape index (κ2) is 7.45. The minimum Gasteiger partial charge on any atom is -0.352 e. The Morgan fingerprint density at radius 3 is 2.71 bits per heavy atom. The van der Waals surface area contributed by atoms with Gasteiger partial charge in [-0.1, -0.05) is 12.2 Å². The van der Waals surface area contributed by atoms with Crippen molar-refractivity contribution in [1.29, 1.82) is 0 Å². The largest absolute Gasteiger partial charge is 0.352 e. The van der Waals surface area contributed by atoms with Gasteiger partial charge in [0.1, 0.15) is 0 Å². The van der Waals surface area contributed by atoms with Gasteiger partial charge >= 0.3 is 0 Å². The molecule has 0 aliphatic carbocycles. The molecule has 2 aliphatic rings. The summed E-state index contributed by atoms with van der Waals surface area (Å²) in [4.78, 5) is 20.7. The van der Waals surface area contributed by atoms with Crippen LogP contribution in [0.15, 0.2) is 17.1 Å². The van der Waals surface area contributed by atoms with Crippen molar-refractivity contribution in [2.75, 3.05) is 39.8 Å². The molecule has 0 saturated carbocycles. The monoisotopic (exact) mass is 293 g/mol. The van der Waals surface area contributed by atoms with Crippen LogP contribution >= 0.6 is 0 Å². The van der Waals surface area contributed by atoms with Crippen LogP contribution in [0.4, 0.5) is 0 Å². The van der Waals surface area contributed by atoms with Crippen molar-refractivity contribution < 1.29 is 4.79 Å². The van der Waals surface area contributed by atoms with Gasteiger partial charge in [-0.05, 0) is 20.3 Å². The molecule has 6 nitrogen and oxygen atoms in total. The maximum Gasteiger partial charge on any atom is 0.239 e. The van der Waals surface area contributed by atoms with Crippen LogP contribution in [0.1, 0.15) is 20.3 Å². The summed E-state index contributed by atoms with van der Waals surface area (Å²) in [7, 11) is 1.77. The number of hydrogen-bond donors (Lipinski definition) is 2. The number of aliphatic imine (C=N–C) groups is 1. The molecule has 0 aromatic carbocycles. The average Bonchev–Trinajstić information content (AvgIpc) is 3.09. The third-order valence-corrected chi connectivity index (χ3v) is 3.89. The van der Waals surface area contributed by atoms with E-state index in [9.17, 15) is 4.79 Å². The normalized spacial score (nSPS) is 23.1. The number of guanidine groups is 1. The van der Waals surface area contributed by atoms with E-state index in [1.807, 2.05) is 13.8 Å². The predicted molar refractivity (Wildman–Crippen MR) is 85.3 cm³/mol. The molecule has 1 atom stereocenters. The van der Waals surface area contributed by atoms with Gasteiger partial charge in [0.2, 0.25) is 5.91 Å². The van der Waals surface area contributed by atoms with E-state index in [1.165, 1.54) is 0 Å². The van der Waals surface area contributed by atoms with Crippen molar-refractivity contribution in [2.24, 2.45) is 4.99 Å². The van der Waals surface area contributed by atoms with Crippen LogP contribution in [0, 0.1) is 0 Å². The Balaban J connectivity index is 1.78. The number of carbonyl (C=O) groups is 1. The predicted octanol–water partition coefficient (Wildman–Crippen LogP) is 0.0325. The molecular formula is C15H27N5O. The van der Waals surface area contributed by atoms with Crippen LogP contribution in [0.5, 0.6) is 0 Å². The summed E-state index contributed by atoms with van der Waals surface area (Å²) in [5.41, 5.74) is 0. The third kappa shape index (κ3) is 4.46. The topological polar surface area (TPSA) is 60.0 Å². The van der Waals surface area contributed by atoms with Crippen LogP contribution in [-0.4, -0.2) is 73.5 Å². The first-order valence-electron chi connectivity index (χ1n) is 7.74. The fraction of sp³-hybridized carbons (Fsp3) is 0.733. The molecule has 2 aliphatic heterocycles. The fourth-order valence-corrected chi connectivity index (χ4v) is 2.89. The Kier molecular flexibility index (Phi) is 5.61. The van der Waals surface area contributed by atoms with E-state index in [0.717, 1.165) is 38.6 Å². The number of nitrogens with zero attached hydrogens (tertiary/aromatic N) is 3. The Hall–Kier alpha value is -1.56. The Bertz CT molecular complexity index is 410. The first-order chi connectivity index (χ1) is 10.1. The van der Waals surface area contributed by atoms with Gasteiger partial charge in [-0.2, -0.15) is 0 Å². The first-order valence-corrected chi connectivity index (χ1v) is 7.74. The van der Waals surface area contributed by atoms with Gasteiger partial charge in [-0.25, -0.2) is 0 Å². The van der Waals surface area contributed by atoms with Crippen LogP contribution < -0.4 is 10.6 Å². The highest BCUT2D eigenvalue weighted by molar-refractivity contribution is 5.86. The zero-order valence-corrected chi connectivity index (χ0v) is 13.3. The molecule has 0 bridgehead atoms. The molecule has 6 heteroatoms. The number of nitrogens with one attached hydrogen (secondary N) is 2. The van der Waals surface area contributed by atoms with Gasteiger partial charge in [-0.3, -0.25) is 14.7 Å². The Morgan fingerprint density at radius 1 is 1.38 bits per heavy atom. The first kappa shape index (κ1) is 15.8. The Labute approximate surface area is 127 Å². The standard InChI is InChI=1S/C15H27N5O/c1-12(2)18-14(21)10-17-15(16-3)20-9-6-13(11-20)19-7-4-5-8-19/h4-5,12-13H,6-11H2,1-3H3,(H,16,17)(H,18,21). The Morgan fingerprint density at radius 2 is 2.10 bits per heavy atom. The second-order valence-electron chi connectivity index (χ2n) is 5.94. The molecule has 0 radical (unpaired) electrons. The maximum atomic E-state index is 11.7. The second-order valence-corrected chi connectivity index (χ2v) is 5.94. The lowest BCUT2D eigenvalue weighted by Crippen LogP contribution is -2.46. The molecular weight excluding hydrogens is 266 g/mol. The van der Waals surface area contributed by atoms with Gasteiger partial charge in [0.05, 0.1) is 6.54 Å². The van der Waals surface area contributed by atoms with Gasteiger partial charge in [0, 0.05) is 45.3 Å². The molecule has 1 saturated heterocycles. The van der Waals surface area contributed by atoms with Crippen molar-refractivity contribution in [3.63, 3.8) is 0 Å². The highest BCUT2D eigenvalue weighted by Crippen LogP contribution is 2.17. The summed E-state index contributed by atoms with van der Waals surface area (Å²) in [5.74, 6) is 0.828. The SMILES string of the molecule is CN=C(NCC(=O)NC(C)C)N1CCC(N2CC=CC2)C1. The lowest BCUT2D eigenvalue weighted by Gasteiger charge is -2.25. The molecule has 2 rings (SSSR count). The van der Waals surface area contributed by atoms with Crippen molar-refractivity contribution >= 4 is 11.9 Å². The van der Waals surface area contributed by atoms with Gasteiger partial charge in [0.25, 0.3) is 0 Å². The number of amides is 1. The number of hydrogen-bond acceptors (Lipinski definition) is 3. The summed E-state index contributed by atoms with van der Waals surface area (Å²) in [6.07, 6.45) is 5.61. The van der Waals surface area contributed by atoms with E-state index < -0.39 is 0 Å². The summed E-state index contributed by atoms with van der Waals surface area (Å²) >= 11 is 0. The lowest BCUT2D eigenvalue weighted by molar-refractivity contribution is -0.120. The zero-order valence-electron chi connectivity index (χ0n) is 13.3. The van der Waals surface area contributed by atoms with Crippen molar-refractivity contribution in [3.05, 3.63) is 12.2 Å². The summed E-state index contributed by atoms with van der Waals surface area (Å²) < 4.78 is 0. The number of likely N-dealkylation sites (tertiary alicyclic amines) is 1. The summed E-state index contributed by atoms with van der Waals surface area (Å²) in [6, 6.07) is 0.753.